The number of aryl methyl sites for hydroxylation is 1. The third-order valence-corrected chi connectivity index (χ3v) is 7.30. The van der Waals surface area contributed by atoms with Crippen LogP contribution < -0.4 is 5.32 Å². The maximum absolute atomic E-state index is 13.9. The number of H-pyrrole nitrogens is 1. The molecule has 6 rings (SSSR count). The van der Waals surface area contributed by atoms with Crippen LogP contribution in [0.3, 0.4) is 0 Å². The van der Waals surface area contributed by atoms with Crippen molar-refractivity contribution in [2.24, 2.45) is 11.8 Å². The van der Waals surface area contributed by atoms with Crippen molar-refractivity contribution in [2.45, 2.75) is 31.1 Å². The number of aromatic nitrogens is 3. The van der Waals surface area contributed by atoms with E-state index in [1.54, 1.807) is 12.1 Å². The average molecular weight is 461 g/mol. The minimum absolute atomic E-state index is 0.111. The number of ether oxygens (including phenoxy) is 1. The molecule has 0 bridgehead atoms. The Morgan fingerprint density at radius 1 is 1.09 bits per heavy atom. The Balaban J connectivity index is 1.38. The molecular formula is C23H23F4N5O. The normalized spacial score (nSPS) is 27.6. The van der Waals surface area contributed by atoms with Gasteiger partial charge in [0.15, 0.2) is 0 Å². The fourth-order valence-corrected chi connectivity index (χ4v) is 5.69. The summed E-state index contributed by atoms with van der Waals surface area (Å²) in [5.41, 5.74) is 1.14. The first kappa shape index (κ1) is 20.9. The van der Waals surface area contributed by atoms with E-state index in [0.29, 0.717) is 17.7 Å². The van der Waals surface area contributed by atoms with Crippen LogP contribution in [0, 0.1) is 17.7 Å². The molecule has 10 heteroatoms. The minimum atomic E-state index is -4.51. The molecule has 1 unspecified atom stereocenters. The number of halogens is 4. The van der Waals surface area contributed by atoms with Gasteiger partial charge in [-0.2, -0.15) is 13.2 Å². The third kappa shape index (κ3) is 3.65. The zero-order valence-electron chi connectivity index (χ0n) is 17.7. The summed E-state index contributed by atoms with van der Waals surface area (Å²) in [5.74, 6) is 1.06. The van der Waals surface area contributed by atoms with Crippen molar-refractivity contribution < 1.29 is 22.3 Å². The predicted molar refractivity (Wildman–Crippen MR) is 113 cm³/mol. The number of nitrogens with zero attached hydrogens (tertiary/aromatic N) is 3. The molecule has 174 valence electrons. The smallest absolute Gasteiger partial charge is 0.381 e. The molecule has 0 radical (unpaired) electrons. The second-order valence-electron chi connectivity index (χ2n) is 9.25. The number of likely N-dealkylation sites (tertiary alicyclic amines) is 1. The monoisotopic (exact) mass is 461 g/mol. The maximum atomic E-state index is 13.9. The third-order valence-electron chi connectivity index (χ3n) is 7.30. The number of aromatic amines is 1. The summed E-state index contributed by atoms with van der Waals surface area (Å²) in [6.45, 7) is 3.38. The summed E-state index contributed by atoms with van der Waals surface area (Å²) in [6, 6.07) is 5.69. The second kappa shape index (κ2) is 7.66. The Hall–Kier alpha value is -2.72. The van der Waals surface area contributed by atoms with Gasteiger partial charge in [0.05, 0.1) is 24.6 Å². The average Bonchev–Trinajstić information content (AvgIpc) is 3.48. The highest BCUT2D eigenvalue weighted by Crippen LogP contribution is 2.41. The molecular weight excluding hydrogens is 438 g/mol. The number of fused-ring (bicyclic) bond motifs is 3. The molecule has 0 saturated carbocycles. The molecule has 0 amide bonds. The van der Waals surface area contributed by atoms with Crippen molar-refractivity contribution in [3.8, 4) is 0 Å². The minimum Gasteiger partial charge on any atom is -0.381 e. The van der Waals surface area contributed by atoms with Crippen molar-refractivity contribution in [2.75, 3.05) is 31.6 Å². The highest BCUT2D eigenvalue weighted by atomic mass is 19.4. The van der Waals surface area contributed by atoms with Gasteiger partial charge in [-0.25, -0.2) is 14.4 Å². The van der Waals surface area contributed by atoms with Gasteiger partial charge in [0.2, 0.25) is 0 Å². The molecule has 1 aromatic carbocycles. The molecule has 4 heterocycles. The van der Waals surface area contributed by atoms with E-state index in [4.69, 9.17) is 4.74 Å². The van der Waals surface area contributed by atoms with Crippen LogP contribution in [0.4, 0.5) is 23.4 Å². The number of rotatable bonds is 3. The summed E-state index contributed by atoms with van der Waals surface area (Å²) in [5, 5.41) is 3.71. The Morgan fingerprint density at radius 3 is 2.64 bits per heavy atom. The number of alkyl halides is 3. The van der Waals surface area contributed by atoms with Gasteiger partial charge >= 0.3 is 6.18 Å². The number of hydrogen-bond acceptors (Lipinski definition) is 5. The molecule has 2 aromatic heterocycles. The van der Waals surface area contributed by atoms with Crippen molar-refractivity contribution in [1.82, 2.24) is 19.9 Å². The molecule has 2 N–H and O–H groups in total. The van der Waals surface area contributed by atoms with Crippen LogP contribution in [0.1, 0.15) is 29.3 Å². The van der Waals surface area contributed by atoms with Crippen LogP contribution in [-0.2, 0) is 17.3 Å². The first-order chi connectivity index (χ1) is 15.9. The van der Waals surface area contributed by atoms with Crippen molar-refractivity contribution in [3.05, 3.63) is 53.2 Å². The lowest BCUT2D eigenvalue weighted by Crippen LogP contribution is -2.44. The Morgan fingerprint density at radius 2 is 1.88 bits per heavy atom. The number of nitrogens with one attached hydrogen (secondary N) is 2. The molecule has 2 saturated heterocycles. The van der Waals surface area contributed by atoms with Crippen LogP contribution in [0.5, 0.6) is 0 Å². The van der Waals surface area contributed by atoms with E-state index >= 15 is 0 Å². The lowest BCUT2D eigenvalue weighted by molar-refractivity contribution is -0.140. The Bertz CT molecular complexity index is 1180. The van der Waals surface area contributed by atoms with Gasteiger partial charge < -0.3 is 15.0 Å². The molecule has 3 aliphatic rings. The van der Waals surface area contributed by atoms with Gasteiger partial charge in [-0.1, -0.05) is 6.07 Å². The van der Waals surface area contributed by atoms with E-state index in [1.807, 2.05) is 0 Å². The molecule has 2 aliphatic heterocycles. The number of hydrogen-bond donors (Lipinski definition) is 2. The van der Waals surface area contributed by atoms with Gasteiger partial charge in [0.1, 0.15) is 29.3 Å². The molecule has 33 heavy (non-hydrogen) atoms. The molecule has 0 spiro atoms. The summed E-state index contributed by atoms with van der Waals surface area (Å²) < 4.78 is 59.4. The molecule has 2 fully saturated rings. The van der Waals surface area contributed by atoms with Gasteiger partial charge in [0, 0.05) is 31.0 Å². The van der Waals surface area contributed by atoms with Crippen LogP contribution in [-0.4, -0.2) is 52.2 Å². The van der Waals surface area contributed by atoms with Crippen molar-refractivity contribution in [3.63, 3.8) is 0 Å². The van der Waals surface area contributed by atoms with Crippen molar-refractivity contribution in [1.29, 1.82) is 0 Å². The van der Waals surface area contributed by atoms with E-state index in [2.05, 4.69) is 25.2 Å². The van der Waals surface area contributed by atoms with Crippen molar-refractivity contribution >= 4 is 16.9 Å². The molecule has 1 aliphatic carbocycles. The highest BCUT2D eigenvalue weighted by Gasteiger charge is 2.43. The maximum Gasteiger partial charge on any atom is 0.431 e. The zero-order chi connectivity index (χ0) is 22.7. The van der Waals surface area contributed by atoms with Crippen LogP contribution >= 0.6 is 0 Å². The van der Waals surface area contributed by atoms with Crippen LogP contribution in [0.2, 0.25) is 0 Å². The van der Waals surface area contributed by atoms with E-state index in [9.17, 15) is 17.6 Å². The van der Waals surface area contributed by atoms with Crippen LogP contribution in [0.25, 0.3) is 11.0 Å². The largest absolute Gasteiger partial charge is 0.431 e. The summed E-state index contributed by atoms with van der Waals surface area (Å²) in [6.07, 6.45) is -1.68. The summed E-state index contributed by atoms with van der Waals surface area (Å²) in [7, 11) is 0. The van der Waals surface area contributed by atoms with Gasteiger partial charge in [-0.15, -0.1) is 0 Å². The topological polar surface area (TPSA) is 66.1 Å². The van der Waals surface area contributed by atoms with Crippen LogP contribution in [0.15, 0.2) is 30.6 Å². The lowest BCUT2D eigenvalue weighted by atomic mass is 9.83. The molecule has 6 nitrogen and oxygen atoms in total. The van der Waals surface area contributed by atoms with E-state index in [0.717, 1.165) is 56.3 Å². The van der Waals surface area contributed by atoms with E-state index in [-0.39, 0.29) is 28.9 Å². The van der Waals surface area contributed by atoms with Gasteiger partial charge in [-0.3, -0.25) is 4.90 Å². The van der Waals surface area contributed by atoms with E-state index in [1.165, 1.54) is 12.4 Å². The first-order valence-electron chi connectivity index (χ1n) is 11.1. The fraction of sp³-hybridized carbons (Fsp3) is 0.478. The Labute approximate surface area is 187 Å². The van der Waals surface area contributed by atoms with Gasteiger partial charge in [0.25, 0.3) is 0 Å². The van der Waals surface area contributed by atoms with E-state index < -0.39 is 11.9 Å². The standard InChI is InChI=1S/C23H23F4N5O/c24-15-2-3-16-12(5-15)1-4-18(32-7-13-9-33-10-14(13)8-32)20(16)31-22-17-6-19(23(25,26)27)30-21(17)28-11-29-22/h2-3,5-6,11,13-14,18,20H,1,4,7-10H2,(H2,28,29,30,31)/t13-,14?,18-,20-/m1/s1. The SMILES string of the molecule is Fc1ccc2c(c1)CC[C@@H](N1CC3COC[C@H]3C1)[C@@H]2Nc1ncnc2[nH]c(C(F)(F)F)cc12. The highest BCUT2D eigenvalue weighted by molar-refractivity contribution is 5.88. The lowest BCUT2D eigenvalue weighted by Gasteiger charge is -2.40. The fourth-order valence-electron chi connectivity index (χ4n) is 5.69. The first-order valence-corrected chi connectivity index (χ1v) is 11.1. The summed E-state index contributed by atoms with van der Waals surface area (Å²) in [4.78, 5) is 13.1. The number of anilines is 1. The number of benzene rings is 1. The quantitative estimate of drug-likeness (QED) is 0.574. The van der Waals surface area contributed by atoms with Gasteiger partial charge in [-0.05, 0) is 42.2 Å². The second-order valence-corrected chi connectivity index (χ2v) is 9.25. The zero-order valence-corrected chi connectivity index (χ0v) is 17.7. The summed E-state index contributed by atoms with van der Waals surface area (Å²) >= 11 is 0. The molecule has 4 atom stereocenters. The predicted octanol–water partition coefficient (Wildman–Crippen LogP) is 4.16. The molecule has 3 aromatic rings. The Kier molecular flexibility index (Phi) is 4.84.